The molecule has 1 nitrogen and oxygen atoms in total. The van der Waals surface area contributed by atoms with E-state index in [2.05, 4.69) is 73.7 Å². The highest BCUT2D eigenvalue weighted by atomic mass is 127. The smallest absolute Gasteiger partial charge is 0.0442 e. The first kappa shape index (κ1) is 23.9. The van der Waals surface area contributed by atoms with Gasteiger partial charge < -0.3 is 0 Å². The summed E-state index contributed by atoms with van der Waals surface area (Å²) in [6.45, 7) is 16.9. The number of unbranched alkanes of at least 4 members (excludes halogenated alkanes) is 3. The van der Waals surface area contributed by atoms with Crippen molar-refractivity contribution in [1.29, 1.82) is 0 Å². The van der Waals surface area contributed by atoms with Crippen molar-refractivity contribution < 1.29 is 0 Å². The lowest BCUT2D eigenvalue weighted by Gasteiger charge is -2.34. The first-order chi connectivity index (χ1) is 10.5. The van der Waals surface area contributed by atoms with Gasteiger partial charge in [0.25, 0.3) is 0 Å². The number of halogens is 1. The first-order valence-electron chi connectivity index (χ1n) is 9.91. The van der Waals surface area contributed by atoms with E-state index in [1.54, 1.807) is 0 Å². The van der Waals surface area contributed by atoms with Crippen LogP contribution in [0.5, 0.6) is 0 Å². The van der Waals surface area contributed by atoms with Crippen LogP contribution >= 0.6 is 22.9 Å². The van der Waals surface area contributed by atoms with Crippen molar-refractivity contribution in [3.8, 4) is 0 Å². The minimum absolute atomic E-state index is 0.389. The van der Waals surface area contributed by atoms with E-state index in [-0.39, 0.29) is 0 Å². The summed E-state index contributed by atoms with van der Waals surface area (Å²) in [6.07, 6.45) is 13.7. The molecule has 1 N–H and O–H groups in total. The van der Waals surface area contributed by atoms with Crippen molar-refractivity contribution >= 4 is 30.9 Å². The third-order valence-corrected chi connectivity index (χ3v) is 7.87. The van der Waals surface area contributed by atoms with Gasteiger partial charge >= 0.3 is 0 Å². The summed E-state index contributed by atoms with van der Waals surface area (Å²) in [4.78, 5) is 0. The zero-order chi connectivity index (χ0) is 18.0. The Morgan fingerprint density at radius 1 is 0.783 bits per heavy atom. The van der Waals surface area contributed by atoms with Gasteiger partial charge in [0.05, 0.1) is 0 Å². The van der Waals surface area contributed by atoms with Crippen molar-refractivity contribution in [1.82, 2.24) is 3.53 Å². The predicted octanol–water partition coefficient (Wildman–Crippen LogP) is 7.97. The van der Waals surface area contributed by atoms with Gasteiger partial charge in [0.2, 0.25) is 0 Å². The molecule has 1 unspecified atom stereocenters. The SMILES string of the molecule is CCCCCC(CCCC[Si](C)(C)C)(CCCC(C)(C)C)NI. The van der Waals surface area contributed by atoms with E-state index in [9.17, 15) is 0 Å². The molecule has 0 aliphatic heterocycles. The highest BCUT2D eigenvalue weighted by Gasteiger charge is 2.28. The van der Waals surface area contributed by atoms with Gasteiger partial charge in [-0.05, 0) is 31.1 Å². The molecule has 0 heterocycles. The number of hydrogen-bond donors (Lipinski definition) is 1. The van der Waals surface area contributed by atoms with E-state index in [0.29, 0.717) is 11.0 Å². The Hall–Kier alpha value is 0.907. The normalized spacial score (nSPS) is 15.7. The van der Waals surface area contributed by atoms with E-state index in [1.165, 1.54) is 70.3 Å². The van der Waals surface area contributed by atoms with Gasteiger partial charge in [0.1, 0.15) is 0 Å². The van der Waals surface area contributed by atoms with Gasteiger partial charge in [0, 0.05) is 36.5 Å². The van der Waals surface area contributed by atoms with Gasteiger partial charge in [-0.15, -0.1) is 0 Å². The molecule has 0 spiro atoms. The van der Waals surface area contributed by atoms with Crippen LogP contribution in [0.15, 0.2) is 0 Å². The highest BCUT2D eigenvalue weighted by Crippen LogP contribution is 2.32. The molecule has 0 fully saturated rings. The van der Waals surface area contributed by atoms with Crippen LogP contribution in [-0.4, -0.2) is 13.6 Å². The Morgan fingerprint density at radius 2 is 1.30 bits per heavy atom. The molecule has 0 amide bonds. The molecule has 0 aromatic rings. The summed E-state index contributed by atoms with van der Waals surface area (Å²) in [5, 5.41) is 0. The van der Waals surface area contributed by atoms with Crippen LogP contribution in [0, 0.1) is 5.41 Å². The minimum Gasteiger partial charge on any atom is -0.255 e. The Balaban J connectivity index is 4.49. The summed E-state index contributed by atoms with van der Waals surface area (Å²) in [5.41, 5.74) is 0.860. The highest BCUT2D eigenvalue weighted by molar-refractivity contribution is 14.1. The maximum absolute atomic E-state index is 3.74. The standard InChI is InChI=1S/C20H44INSi/c1-8-9-10-15-20(22-21,17-13-14-19(2,3)4)16-11-12-18-23(5,6)7/h22H,8-18H2,1-7H3. The molecule has 0 bridgehead atoms. The van der Waals surface area contributed by atoms with Crippen molar-refractivity contribution in [2.24, 2.45) is 5.41 Å². The molecule has 0 aliphatic rings. The Labute approximate surface area is 162 Å². The van der Waals surface area contributed by atoms with E-state index in [0.717, 1.165) is 0 Å². The maximum Gasteiger partial charge on any atom is 0.0442 e. The average Bonchev–Trinajstić information content (AvgIpc) is 2.41. The van der Waals surface area contributed by atoms with Crippen LogP contribution < -0.4 is 3.53 Å². The first-order valence-corrected chi connectivity index (χ1v) is 14.7. The molecule has 0 aromatic carbocycles. The molecule has 140 valence electrons. The lowest BCUT2D eigenvalue weighted by atomic mass is 9.80. The van der Waals surface area contributed by atoms with Crippen molar-refractivity contribution in [3.05, 3.63) is 0 Å². The third-order valence-electron chi connectivity index (χ3n) is 4.87. The molecule has 0 aliphatic carbocycles. The van der Waals surface area contributed by atoms with Crippen LogP contribution in [-0.2, 0) is 0 Å². The molecule has 0 radical (unpaired) electrons. The van der Waals surface area contributed by atoms with Gasteiger partial charge in [0.15, 0.2) is 0 Å². The minimum atomic E-state index is -0.867. The summed E-state index contributed by atoms with van der Waals surface area (Å²) in [7, 11) is -0.867. The van der Waals surface area contributed by atoms with Crippen molar-refractivity contribution in [2.75, 3.05) is 0 Å². The Kier molecular flexibility index (Phi) is 12.0. The van der Waals surface area contributed by atoms with Crippen molar-refractivity contribution in [3.63, 3.8) is 0 Å². The quantitative estimate of drug-likeness (QED) is 0.129. The second-order valence-electron chi connectivity index (χ2n) is 10.0. The molecular weight excluding hydrogens is 409 g/mol. The van der Waals surface area contributed by atoms with Gasteiger partial charge in [-0.2, -0.15) is 0 Å². The molecule has 23 heavy (non-hydrogen) atoms. The van der Waals surface area contributed by atoms with Gasteiger partial charge in [-0.1, -0.05) is 91.9 Å². The zero-order valence-electron chi connectivity index (χ0n) is 17.2. The van der Waals surface area contributed by atoms with Crippen molar-refractivity contribution in [2.45, 2.75) is 123 Å². The molecule has 0 saturated carbocycles. The van der Waals surface area contributed by atoms with E-state index in [4.69, 9.17) is 0 Å². The topological polar surface area (TPSA) is 12.0 Å². The maximum atomic E-state index is 3.74. The van der Waals surface area contributed by atoms with Crippen LogP contribution in [0.4, 0.5) is 0 Å². The van der Waals surface area contributed by atoms with Gasteiger partial charge in [-0.3, -0.25) is 3.53 Å². The Morgan fingerprint density at radius 3 is 1.74 bits per heavy atom. The molecule has 0 rings (SSSR count). The second-order valence-corrected chi connectivity index (χ2v) is 16.2. The lowest BCUT2D eigenvalue weighted by Crippen LogP contribution is -2.40. The molecule has 0 aromatic heterocycles. The molecule has 0 saturated heterocycles. The van der Waals surface area contributed by atoms with Crippen LogP contribution in [0.25, 0.3) is 0 Å². The van der Waals surface area contributed by atoms with Crippen LogP contribution in [0.2, 0.25) is 25.7 Å². The van der Waals surface area contributed by atoms with E-state index >= 15 is 0 Å². The largest absolute Gasteiger partial charge is 0.255 e. The summed E-state index contributed by atoms with van der Waals surface area (Å²) in [6, 6.07) is 1.49. The molecule has 3 heteroatoms. The number of rotatable bonds is 13. The fraction of sp³-hybridized carbons (Fsp3) is 1.00. The second kappa shape index (κ2) is 11.5. The van der Waals surface area contributed by atoms with E-state index in [1.807, 2.05) is 0 Å². The monoisotopic (exact) mass is 453 g/mol. The van der Waals surface area contributed by atoms with Gasteiger partial charge in [-0.25, -0.2) is 0 Å². The summed E-state index contributed by atoms with van der Waals surface area (Å²) < 4.78 is 3.74. The Bertz CT molecular complexity index is 293. The fourth-order valence-electron chi connectivity index (χ4n) is 3.31. The summed E-state index contributed by atoms with van der Waals surface area (Å²) >= 11 is 2.44. The van der Waals surface area contributed by atoms with E-state index < -0.39 is 8.07 Å². The zero-order valence-corrected chi connectivity index (χ0v) is 20.3. The molecule has 1 atom stereocenters. The summed E-state index contributed by atoms with van der Waals surface area (Å²) in [5.74, 6) is 0. The molecular formula is C20H44INSi. The predicted molar refractivity (Wildman–Crippen MR) is 119 cm³/mol. The number of nitrogens with one attached hydrogen (secondary N) is 1. The lowest BCUT2D eigenvalue weighted by molar-refractivity contribution is 0.268. The van der Waals surface area contributed by atoms with Crippen LogP contribution in [0.1, 0.15) is 91.9 Å². The third kappa shape index (κ3) is 13.8. The van der Waals surface area contributed by atoms with Crippen LogP contribution in [0.3, 0.4) is 0 Å². The number of hydrogen-bond acceptors (Lipinski definition) is 1. The fourth-order valence-corrected chi connectivity index (χ4v) is 5.43. The average molecular weight is 454 g/mol.